The van der Waals surface area contributed by atoms with Crippen molar-refractivity contribution in [1.29, 1.82) is 0 Å². The molecule has 0 bridgehead atoms. The molecule has 8 heteroatoms. The van der Waals surface area contributed by atoms with Gasteiger partial charge in [0.05, 0.1) is 12.0 Å². The topological polar surface area (TPSA) is 65.1 Å². The number of amides is 1. The second kappa shape index (κ2) is 13.7. The highest BCUT2D eigenvalue weighted by Crippen LogP contribution is 2.31. The fourth-order valence-electron chi connectivity index (χ4n) is 6.44. The van der Waals surface area contributed by atoms with Gasteiger partial charge < -0.3 is 19.9 Å². The summed E-state index contributed by atoms with van der Waals surface area (Å²) in [5.41, 5.74) is 1.89. The van der Waals surface area contributed by atoms with Gasteiger partial charge in [0.15, 0.2) is 0 Å². The molecule has 2 aliphatic carbocycles. The molecule has 214 valence electrons. The highest BCUT2D eigenvalue weighted by atomic mass is 32.2. The molecule has 1 aromatic rings. The summed E-state index contributed by atoms with van der Waals surface area (Å²) in [6.45, 7) is 9.41. The number of nitrogens with one attached hydrogen (secondary N) is 1. The van der Waals surface area contributed by atoms with Crippen molar-refractivity contribution >= 4 is 16.9 Å². The highest BCUT2D eigenvalue weighted by Gasteiger charge is 2.30. The third-order valence-electron chi connectivity index (χ3n) is 8.85. The van der Waals surface area contributed by atoms with E-state index in [-0.39, 0.29) is 11.9 Å². The average molecular weight is 547 g/mol. The van der Waals surface area contributed by atoms with Gasteiger partial charge in [0.2, 0.25) is 5.91 Å². The SMILES string of the molecule is COc1cc(C)c(S(=O)N(C)CCC(=O)NC2CCC(N3CCC(CN(C)CC4CC4)CC3)CC2)c(C)c1. The quantitative estimate of drug-likeness (QED) is 0.427. The van der Waals surface area contributed by atoms with E-state index in [1.165, 1.54) is 64.7 Å². The molecule has 1 heterocycles. The van der Waals surface area contributed by atoms with Gasteiger partial charge in [-0.05, 0) is 120 Å². The van der Waals surface area contributed by atoms with Crippen molar-refractivity contribution in [2.75, 3.05) is 53.9 Å². The molecule has 7 nitrogen and oxygen atoms in total. The number of carbonyl (C=O) groups is 1. The number of hydrogen-bond acceptors (Lipinski definition) is 5. The van der Waals surface area contributed by atoms with Crippen LogP contribution in [0.4, 0.5) is 0 Å². The van der Waals surface area contributed by atoms with Crippen molar-refractivity contribution < 1.29 is 13.7 Å². The maximum Gasteiger partial charge on any atom is 0.221 e. The third kappa shape index (κ3) is 8.26. The minimum atomic E-state index is -1.31. The molecule has 1 saturated heterocycles. The smallest absolute Gasteiger partial charge is 0.221 e. The number of piperidine rings is 1. The number of carbonyl (C=O) groups excluding carboxylic acids is 1. The normalized spacial score (nSPS) is 24.1. The zero-order valence-electron chi connectivity index (χ0n) is 24.3. The van der Waals surface area contributed by atoms with Crippen LogP contribution in [0.5, 0.6) is 5.75 Å². The Kier molecular flexibility index (Phi) is 10.7. The van der Waals surface area contributed by atoms with Crippen LogP contribution in [0.3, 0.4) is 0 Å². The van der Waals surface area contributed by atoms with E-state index in [1.807, 2.05) is 33.0 Å². The lowest BCUT2D eigenvalue weighted by atomic mass is 9.87. The second-order valence-electron chi connectivity index (χ2n) is 12.2. The van der Waals surface area contributed by atoms with E-state index < -0.39 is 11.0 Å². The summed E-state index contributed by atoms with van der Waals surface area (Å²) in [5.74, 6) is 2.68. The molecule has 1 unspecified atom stereocenters. The maximum absolute atomic E-state index is 13.1. The Morgan fingerprint density at radius 2 is 1.55 bits per heavy atom. The molecule has 1 aromatic carbocycles. The lowest BCUT2D eigenvalue weighted by molar-refractivity contribution is -0.122. The monoisotopic (exact) mass is 546 g/mol. The molecule has 1 aliphatic heterocycles. The molecule has 4 rings (SSSR count). The molecule has 3 fully saturated rings. The number of aryl methyl sites for hydroxylation is 2. The first kappa shape index (κ1) is 29.5. The van der Waals surface area contributed by atoms with Crippen LogP contribution in [0, 0.1) is 25.7 Å². The fourth-order valence-corrected chi connectivity index (χ4v) is 7.68. The second-order valence-corrected chi connectivity index (χ2v) is 13.7. The van der Waals surface area contributed by atoms with Gasteiger partial charge in [-0.15, -0.1) is 0 Å². The largest absolute Gasteiger partial charge is 0.497 e. The predicted octanol–water partition coefficient (Wildman–Crippen LogP) is 4.14. The summed E-state index contributed by atoms with van der Waals surface area (Å²) in [6.07, 6.45) is 10.4. The number of ether oxygens (including phenoxy) is 1. The summed E-state index contributed by atoms with van der Waals surface area (Å²) in [4.78, 5) is 18.8. The van der Waals surface area contributed by atoms with E-state index in [9.17, 15) is 9.00 Å². The number of benzene rings is 1. The van der Waals surface area contributed by atoms with Gasteiger partial charge in [-0.3, -0.25) is 4.79 Å². The summed E-state index contributed by atoms with van der Waals surface area (Å²) in [7, 11) is 4.46. The van der Waals surface area contributed by atoms with Crippen LogP contribution in [-0.2, 0) is 15.8 Å². The summed E-state index contributed by atoms with van der Waals surface area (Å²) in [5, 5.41) is 3.26. The third-order valence-corrected chi connectivity index (χ3v) is 10.6. The van der Waals surface area contributed by atoms with E-state index in [1.54, 1.807) is 11.4 Å². The van der Waals surface area contributed by atoms with Crippen LogP contribution >= 0.6 is 0 Å². The molecule has 1 amide bonds. The molecule has 1 N–H and O–H groups in total. The highest BCUT2D eigenvalue weighted by molar-refractivity contribution is 7.82. The van der Waals surface area contributed by atoms with Gasteiger partial charge in [0.1, 0.15) is 16.7 Å². The van der Waals surface area contributed by atoms with Gasteiger partial charge >= 0.3 is 0 Å². The van der Waals surface area contributed by atoms with Gasteiger partial charge in [-0.2, -0.15) is 0 Å². The van der Waals surface area contributed by atoms with Crippen molar-refractivity contribution in [3.8, 4) is 5.75 Å². The van der Waals surface area contributed by atoms with E-state index in [2.05, 4.69) is 22.2 Å². The Balaban J connectivity index is 1.13. The van der Waals surface area contributed by atoms with Crippen LogP contribution in [0.15, 0.2) is 17.0 Å². The number of hydrogen-bond donors (Lipinski definition) is 1. The van der Waals surface area contributed by atoms with Crippen molar-refractivity contribution in [3.63, 3.8) is 0 Å². The molecular weight excluding hydrogens is 496 g/mol. The average Bonchev–Trinajstić information content (AvgIpc) is 3.71. The zero-order valence-corrected chi connectivity index (χ0v) is 25.2. The number of nitrogens with zero attached hydrogens (tertiary/aromatic N) is 3. The molecule has 0 spiro atoms. The number of methoxy groups -OCH3 is 1. The lowest BCUT2D eigenvalue weighted by Gasteiger charge is -2.41. The van der Waals surface area contributed by atoms with E-state index >= 15 is 0 Å². The Morgan fingerprint density at radius 3 is 2.11 bits per heavy atom. The van der Waals surface area contributed by atoms with Crippen molar-refractivity contribution in [2.24, 2.45) is 11.8 Å². The Morgan fingerprint density at radius 1 is 0.974 bits per heavy atom. The van der Waals surface area contributed by atoms with Gasteiger partial charge in [-0.1, -0.05) is 0 Å². The van der Waals surface area contributed by atoms with Gasteiger partial charge in [0, 0.05) is 45.2 Å². The Bertz CT molecular complexity index is 930. The van der Waals surface area contributed by atoms with Crippen molar-refractivity contribution in [3.05, 3.63) is 23.3 Å². The minimum Gasteiger partial charge on any atom is -0.497 e. The number of likely N-dealkylation sites (tertiary alicyclic amines) is 1. The van der Waals surface area contributed by atoms with E-state index in [0.717, 1.165) is 46.4 Å². The first-order chi connectivity index (χ1) is 18.2. The van der Waals surface area contributed by atoms with E-state index in [4.69, 9.17) is 4.74 Å². The maximum atomic E-state index is 13.1. The van der Waals surface area contributed by atoms with E-state index in [0.29, 0.717) is 19.0 Å². The molecule has 0 aromatic heterocycles. The van der Waals surface area contributed by atoms with Crippen LogP contribution < -0.4 is 10.1 Å². The molecular formula is C30H50N4O3S. The van der Waals surface area contributed by atoms with Gasteiger partial charge in [0.25, 0.3) is 0 Å². The lowest BCUT2D eigenvalue weighted by Crippen LogP contribution is -2.47. The molecule has 0 radical (unpaired) electrons. The van der Waals surface area contributed by atoms with Crippen LogP contribution in [0.2, 0.25) is 0 Å². The van der Waals surface area contributed by atoms with Crippen molar-refractivity contribution in [2.45, 2.75) is 88.6 Å². The summed E-state index contributed by atoms with van der Waals surface area (Å²) < 4.78 is 20.2. The Labute approximate surface area is 233 Å². The molecule has 3 aliphatic rings. The molecule has 38 heavy (non-hydrogen) atoms. The number of rotatable bonds is 12. The van der Waals surface area contributed by atoms with Crippen LogP contribution in [0.25, 0.3) is 0 Å². The molecule has 2 saturated carbocycles. The first-order valence-electron chi connectivity index (χ1n) is 14.7. The summed E-state index contributed by atoms with van der Waals surface area (Å²) in [6, 6.07) is 4.77. The first-order valence-corrected chi connectivity index (χ1v) is 15.8. The van der Waals surface area contributed by atoms with Crippen molar-refractivity contribution in [1.82, 2.24) is 19.4 Å². The molecule has 1 atom stereocenters. The van der Waals surface area contributed by atoms with Crippen LogP contribution in [0.1, 0.15) is 68.9 Å². The van der Waals surface area contributed by atoms with Gasteiger partial charge in [-0.25, -0.2) is 8.51 Å². The zero-order chi connectivity index (χ0) is 27.2. The predicted molar refractivity (Wildman–Crippen MR) is 155 cm³/mol. The minimum absolute atomic E-state index is 0.0663. The standard InChI is InChI=1S/C30H50N4O3S/c1-22-18-28(37-5)19-23(2)30(22)38(36)33(4)15-14-29(35)31-26-8-10-27(11-9-26)34-16-12-25(13-17-34)21-32(3)20-24-6-7-24/h18-19,24-27H,6-17,20-21H2,1-5H3,(H,31,35). The fraction of sp³-hybridized carbons (Fsp3) is 0.767. The Hall–Kier alpha value is -1.48. The van der Waals surface area contributed by atoms with Crippen LogP contribution in [-0.4, -0.2) is 90.2 Å². The summed E-state index contributed by atoms with van der Waals surface area (Å²) >= 11 is 0.